The van der Waals surface area contributed by atoms with Crippen molar-refractivity contribution in [2.24, 2.45) is 0 Å². The van der Waals surface area contributed by atoms with Crippen molar-refractivity contribution in [3.8, 4) is 0 Å². The molecule has 20 heavy (non-hydrogen) atoms. The Hall–Kier alpha value is -1.79. The molecule has 1 N–H and O–H groups in total. The van der Waals surface area contributed by atoms with Gasteiger partial charge in [0.15, 0.2) is 0 Å². The summed E-state index contributed by atoms with van der Waals surface area (Å²) in [4.78, 5) is 16.3. The molecular weight excluding hydrogens is 274 g/mol. The summed E-state index contributed by atoms with van der Waals surface area (Å²) in [6, 6.07) is 3.83. The Morgan fingerprint density at radius 1 is 1.55 bits per heavy atom. The van der Waals surface area contributed by atoms with Crippen LogP contribution in [-0.4, -0.2) is 27.9 Å². The van der Waals surface area contributed by atoms with Gasteiger partial charge in [-0.15, -0.1) is 0 Å². The van der Waals surface area contributed by atoms with E-state index in [0.29, 0.717) is 12.2 Å². The minimum atomic E-state index is -0.125. The Balaban J connectivity index is 1.74. The van der Waals surface area contributed by atoms with Gasteiger partial charge in [-0.2, -0.15) is 4.37 Å². The van der Waals surface area contributed by atoms with E-state index in [4.69, 9.17) is 4.74 Å². The van der Waals surface area contributed by atoms with Gasteiger partial charge in [0.2, 0.25) is 0 Å². The second-order valence-electron chi connectivity index (χ2n) is 4.76. The zero-order valence-electron chi connectivity index (χ0n) is 11.1. The lowest BCUT2D eigenvalue weighted by Crippen LogP contribution is -2.37. The van der Waals surface area contributed by atoms with Crippen LogP contribution < -0.4 is 5.32 Å². The van der Waals surface area contributed by atoms with E-state index in [1.54, 1.807) is 17.8 Å². The molecule has 0 aliphatic carbocycles. The molecule has 3 heterocycles. The van der Waals surface area contributed by atoms with E-state index in [9.17, 15) is 4.79 Å². The van der Waals surface area contributed by atoms with Crippen molar-refractivity contribution in [3.05, 3.63) is 46.7 Å². The van der Waals surface area contributed by atoms with E-state index in [1.165, 1.54) is 11.5 Å². The van der Waals surface area contributed by atoms with Gasteiger partial charge in [0.25, 0.3) is 5.91 Å². The predicted molar refractivity (Wildman–Crippen MR) is 75.7 cm³/mol. The maximum atomic E-state index is 12.2. The number of carbonyl (C=O) groups excluding carboxylic acids is 1. The van der Waals surface area contributed by atoms with Gasteiger partial charge in [-0.1, -0.05) is 6.07 Å². The van der Waals surface area contributed by atoms with E-state index >= 15 is 0 Å². The zero-order valence-corrected chi connectivity index (χ0v) is 11.9. The average Bonchev–Trinajstić information content (AvgIpc) is 3.08. The lowest BCUT2D eigenvalue weighted by molar-refractivity contribution is 0.0820. The number of rotatable bonds is 3. The maximum absolute atomic E-state index is 12.2. The standard InChI is InChI=1S/C14H15N3O2S/c1-9-11(8-20-17-9)14(18)16-12-4-6-19-13(12)10-3-2-5-15-7-10/h2-3,5,7-8,12-13H,4,6H2,1H3,(H,16,18)/t12-,13+/m0/s1. The molecule has 2 aromatic rings. The Kier molecular flexibility index (Phi) is 3.75. The SMILES string of the molecule is Cc1nscc1C(=O)N[C@H]1CCO[C@@H]1c1cccnc1. The molecule has 0 radical (unpaired) electrons. The van der Waals surface area contributed by atoms with Crippen molar-refractivity contribution in [1.29, 1.82) is 0 Å². The lowest BCUT2D eigenvalue weighted by atomic mass is 10.0. The molecule has 2 aromatic heterocycles. The molecule has 6 heteroatoms. The summed E-state index contributed by atoms with van der Waals surface area (Å²) in [5.41, 5.74) is 2.41. The molecule has 0 saturated carbocycles. The summed E-state index contributed by atoms with van der Waals surface area (Å²) in [6.45, 7) is 2.49. The maximum Gasteiger partial charge on any atom is 0.254 e. The third kappa shape index (κ3) is 2.57. The molecule has 1 aliphatic heterocycles. The van der Waals surface area contributed by atoms with E-state index in [-0.39, 0.29) is 18.1 Å². The van der Waals surface area contributed by atoms with Crippen LogP contribution in [0.5, 0.6) is 0 Å². The van der Waals surface area contributed by atoms with E-state index < -0.39 is 0 Å². The summed E-state index contributed by atoms with van der Waals surface area (Å²) in [5.74, 6) is -0.0827. The minimum Gasteiger partial charge on any atom is -0.371 e. The van der Waals surface area contributed by atoms with Gasteiger partial charge < -0.3 is 10.1 Å². The third-order valence-corrected chi connectivity index (χ3v) is 4.14. The first kappa shape index (κ1) is 13.2. The summed E-state index contributed by atoms with van der Waals surface area (Å²) in [6.07, 6.45) is 4.19. The number of nitrogens with one attached hydrogen (secondary N) is 1. The summed E-state index contributed by atoms with van der Waals surface area (Å²) < 4.78 is 9.86. The number of aromatic nitrogens is 2. The van der Waals surface area contributed by atoms with E-state index in [0.717, 1.165) is 17.7 Å². The molecule has 0 aromatic carbocycles. The van der Waals surface area contributed by atoms with Gasteiger partial charge in [0.1, 0.15) is 6.10 Å². The Labute approximate surface area is 121 Å². The minimum absolute atomic E-state index is 0.0222. The molecule has 1 saturated heterocycles. The fourth-order valence-corrected chi connectivity index (χ4v) is 3.06. The number of pyridine rings is 1. The highest BCUT2D eigenvalue weighted by molar-refractivity contribution is 7.03. The third-order valence-electron chi connectivity index (χ3n) is 3.42. The largest absolute Gasteiger partial charge is 0.371 e. The van der Waals surface area contributed by atoms with Crippen LogP contribution in [0.15, 0.2) is 29.9 Å². The second kappa shape index (κ2) is 5.68. The number of aryl methyl sites for hydroxylation is 1. The number of hydrogen-bond donors (Lipinski definition) is 1. The highest BCUT2D eigenvalue weighted by Gasteiger charge is 2.31. The Morgan fingerprint density at radius 3 is 3.15 bits per heavy atom. The molecular formula is C14H15N3O2S. The zero-order chi connectivity index (χ0) is 13.9. The van der Waals surface area contributed by atoms with Crippen LogP contribution in [0.4, 0.5) is 0 Å². The van der Waals surface area contributed by atoms with Crippen LogP contribution in [0, 0.1) is 6.92 Å². The quantitative estimate of drug-likeness (QED) is 0.940. The van der Waals surface area contributed by atoms with Gasteiger partial charge in [-0.05, 0) is 30.9 Å². The second-order valence-corrected chi connectivity index (χ2v) is 5.39. The van der Waals surface area contributed by atoms with E-state index in [2.05, 4.69) is 14.7 Å². The molecule has 0 unspecified atom stereocenters. The Morgan fingerprint density at radius 2 is 2.45 bits per heavy atom. The molecule has 0 spiro atoms. The smallest absolute Gasteiger partial charge is 0.254 e. The van der Waals surface area contributed by atoms with Gasteiger partial charge in [-0.25, -0.2) is 0 Å². The van der Waals surface area contributed by atoms with Crippen molar-refractivity contribution in [3.63, 3.8) is 0 Å². The first-order valence-corrected chi connectivity index (χ1v) is 7.32. The fourth-order valence-electron chi connectivity index (χ4n) is 2.37. The van der Waals surface area contributed by atoms with Crippen LogP contribution in [0.3, 0.4) is 0 Å². The molecule has 2 atom stereocenters. The molecule has 1 amide bonds. The summed E-state index contributed by atoms with van der Waals surface area (Å²) in [5, 5.41) is 4.82. The number of nitrogens with zero attached hydrogens (tertiary/aromatic N) is 2. The van der Waals surface area contributed by atoms with Crippen LogP contribution in [-0.2, 0) is 4.74 Å². The van der Waals surface area contributed by atoms with Crippen LogP contribution in [0.1, 0.15) is 34.1 Å². The van der Waals surface area contributed by atoms with Crippen LogP contribution in [0.2, 0.25) is 0 Å². The normalized spacial score (nSPS) is 21.9. The van der Waals surface area contributed by atoms with Gasteiger partial charge in [0.05, 0.1) is 17.3 Å². The van der Waals surface area contributed by atoms with Crippen molar-refractivity contribution >= 4 is 17.4 Å². The first-order chi connectivity index (χ1) is 9.75. The number of amides is 1. The van der Waals surface area contributed by atoms with Crippen molar-refractivity contribution in [2.75, 3.05) is 6.61 Å². The topological polar surface area (TPSA) is 64.1 Å². The van der Waals surface area contributed by atoms with E-state index in [1.807, 2.05) is 19.1 Å². The molecule has 5 nitrogen and oxygen atoms in total. The average molecular weight is 289 g/mol. The Bertz CT molecular complexity index is 599. The van der Waals surface area contributed by atoms with Crippen molar-refractivity contribution in [1.82, 2.24) is 14.7 Å². The summed E-state index contributed by atoms with van der Waals surface area (Å²) in [7, 11) is 0. The first-order valence-electron chi connectivity index (χ1n) is 6.49. The predicted octanol–water partition coefficient (Wildman–Crippen LogP) is 2.11. The molecule has 104 valence electrons. The highest BCUT2D eigenvalue weighted by atomic mass is 32.1. The highest BCUT2D eigenvalue weighted by Crippen LogP contribution is 2.28. The monoisotopic (exact) mass is 289 g/mol. The molecule has 1 aliphatic rings. The lowest BCUT2D eigenvalue weighted by Gasteiger charge is -2.19. The number of carbonyl (C=O) groups is 1. The molecule has 0 bridgehead atoms. The van der Waals surface area contributed by atoms with Crippen molar-refractivity contribution in [2.45, 2.75) is 25.5 Å². The van der Waals surface area contributed by atoms with Gasteiger partial charge >= 0.3 is 0 Å². The fraction of sp³-hybridized carbons (Fsp3) is 0.357. The number of hydrogen-bond acceptors (Lipinski definition) is 5. The molecule has 1 fully saturated rings. The molecule has 3 rings (SSSR count). The van der Waals surface area contributed by atoms with Crippen LogP contribution in [0.25, 0.3) is 0 Å². The van der Waals surface area contributed by atoms with Gasteiger partial charge in [-0.3, -0.25) is 9.78 Å². The summed E-state index contributed by atoms with van der Waals surface area (Å²) >= 11 is 1.30. The van der Waals surface area contributed by atoms with Gasteiger partial charge in [0, 0.05) is 29.9 Å². The number of ether oxygens (including phenoxy) is 1. The van der Waals surface area contributed by atoms with Crippen molar-refractivity contribution < 1.29 is 9.53 Å². The van der Waals surface area contributed by atoms with Crippen LogP contribution >= 0.6 is 11.5 Å².